The fourth-order valence-corrected chi connectivity index (χ4v) is 2.00. The lowest BCUT2D eigenvalue weighted by Crippen LogP contribution is -2.38. The summed E-state index contributed by atoms with van der Waals surface area (Å²) in [5.41, 5.74) is 1.25. The first kappa shape index (κ1) is 15.0. The van der Waals surface area contributed by atoms with Crippen LogP contribution in [-0.2, 0) is 20.1 Å². The maximum absolute atomic E-state index is 4.62. The minimum absolute atomic E-state index is 0.512. The van der Waals surface area contributed by atoms with Gasteiger partial charge in [0.2, 0.25) is 0 Å². The highest BCUT2D eigenvalue weighted by molar-refractivity contribution is 5.79. The van der Waals surface area contributed by atoms with Crippen LogP contribution in [0.1, 0.15) is 18.3 Å². The van der Waals surface area contributed by atoms with Gasteiger partial charge in [0, 0.05) is 27.2 Å². The van der Waals surface area contributed by atoms with Crippen molar-refractivity contribution in [3.63, 3.8) is 0 Å². The molecule has 0 bridgehead atoms. The van der Waals surface area contributed by atoms with Crippen LogP contribution in [0.25, 0.3) is 0 Å². The fourth-order valence-electron chi connectivity index (χ4n) is 2.00. The van der Waals surface area contributed by atoms with Crippen LogP contribution in [0.3, 0.4) is 0 Å². The van der Waals surface area contributed by atoms with E-state index >= 15 is 0 Å². The topological polar surface area (TPSA) is 58.3 Å². The van der Waals surface area contributed by atoms with E-state index in [0.717, 1.165) is 24.9 Å². The summed E-state index contributed by atoms with van der Waals surface area (Å²) in [6.07, 6.45) is 1.69. The van der Waals surface area contributed by atoms with Gasteiger partial charge in [-0.15, -0.1) is 10.2 Å². The Kier molecular flexibility index (Phi) is 5.31. The fraction of sp³-hybridized carbons (Fsp3) is 0.400. The third-order valence-electron chi connectivity index (χ3n) is 3.13. The molecule has 1 aromatic carbocycles. The van der Waals surface area contributed by atoms with Gasteiger partial charge in [0.15, 0.2) is 11.8 Å². The van der Waals surface area contributed by atoms with Crippen molar-refractivity contribution < 1.29 is 0 Å². The maximum Gasteiger partial charge on any atom is 0.194 e. The largest absolute Gasteiger partial charge is 0.357 e. The average Bonchev–Trinajstić information content (AvgIpc) is 2.90. The van der Waals surface area contributed by atoms with Gasteiger partial charge in [0.25, 0.3) is 0 Å². The first-order valence-electron chi connectivity index (χ1n) is 7.07. The van der Waals surface area contributed by atoms with Gasteiger partial charge in [-0.2, -0.15) is 0 Å². The lowest BCUT2D eigenvalue weighted by Gasteiger charge is -2.22. The molecule has 112 valence electrons. The van der Waals surface area contributed by atoms with Gasteiger partial charge < -0.3 is 14.8 Å². The van der Waals surface area contributed by atoms with Crippen molar-refractivity contribution in [2.24, 2.45) is 12.0 Å². The second kappa shape index (κ2) is 7.42. The van der Waals surface area contributed by atoms with Crippen molar-refractivity contribution in [2.75, 3.05) is 13.6 Å². The van der Waals surface area contributed by atoms with E-state index < -0.39 is 0 Å². The Balaban J connectivity index is 2.05. The van der Waals surface area contributed by atoms with Gasteiger partial charge >= 0.3 is 0 Å². The molecule has 1 N–H and O–H groups in total. The first-order chi connectivity index (χ1) is 10.2. The Morgan fingerprint density at radius 3 is 2.71 bits per heavy atom. The molecule has 6 heteroatoms. The van der Waals surface area contributed by atoms with E-state index in [1.165, 1.54) is 5.56 Å². The molecule has 1 aromatic heterocycles. The Hall–Kier alpha value is -2.37. The number of nitrogens with one attached hydrogen (secondary N) is 1. The molecule has 2 aromatic rings. The average molecular weight is 286 g/mol. The summed E-state index contributed by atoms with van der Waals surface area (Å²) in [6.45, 7) is 4.22. The molecule has 0 saturated carbocycles. The van der Waals surface area contributed by atoms with Gasteiger partial charge in [-0.05, 0) is 12.5 Å². The zero-order chi connectivity index (χ0) is 15.1. The van der Waals surface area contributed by atoms with E-state index in [1.807, 2.05) is 36.9 Å². The van der Waals surface area contributed by atoms with Crippen LogP contribution < -0.4 is 5.32 Å². The number of aryl methyl sites for hydroxylation is 1. The Labute approximate surface area is 125 Å². The molecule has 0 unspecified atom stereocenters. The van der Waals surface area contributed by atoms with Crippen LogP contribution in [0.15, 0.2) is 41.7 Å². The minimum atomic E-state index is 0.512. The first-order valence-corrected chi connectivity index (χ1v) is 7.07. The highest BCUT2D eigenvalue weighted by atomic mass is 15.3. The van der Waals surface area contributed by atoms with E-state index in [0.29, 0.717) is 6.54 Å². The predicted molar refractivity (Wildman–Crippen MR) is 83.7 cm³/mol. The molecule has 1 heterocycles. The zero-order valence-electron chi connectivity index (χ0n) is 12.8. The smallest absolute Gasteiger partial charge is 0.194 e. The Morgan fingerprint density at radius 2 is 2.10 bits per heavy atom. The SMILES string of the molecule is CCNC(=NCc1nncn1C)N(C)Cc1ccccc1. The second-order valence-corrected chi connectivity index (χ2v) is 4.87. The van der Waals surface area contributed by atoms with Gasteiger partial charge in [-0.25, -0.2) is 4.99 Å². The van der Waals surface area contributed by atoms with E-state index in [4.69, 9.17) is 0 Å². The third-order valence-corrected chi connectivity index (χ3v) is 3.13. The molecular weight excluding hydrogens is 264 g/mol. The summed E-state index contributed by atoms with van der Waals surface area (Å²) in [6, 6.07) is 10.3. The second-order valence-electron chi connectivity index (χ2n) is 4.87. The molecule has 0 aliphatic heterocycles. The highest BCUT2D eigenvalue weighted by Crippen LogP contribution is 2.03. The molecule has 0 fully saturated rings. The molecule has 6 nitrogen and oxygen atoms in total. The molecule has 0 aliphatic carbocycles. The van der Waals surface area contributed by atoms with E-state index in [1.54, 1.807) is 6.33 Å². The van der Waals surface area contributed by atoms with Crippen LogP contribution in [0.2, 0.25) is 0 Å². The highest BCUT2D eigenvalue weighted by Gasteiger charge is 2.07. The van der Waals surface area contributed by atoms with Crippen molar-refractivity contribution in [3.8, 4) is 0 Å². The van der Waals surface area contributed by atoms with Gasteiger partial charge in [-0.1, -0.05) is 30.3 Å². The number of hydrogen-bond donors (Lipinski definition) is 1. The molecule has 21 heavy (non-hydrogen) atoms. The lowest BCUT2D eigenvalue weighted by molar-refractivity contribution is 0.476. The number of nitrogens with zero attached hydrogens (tertiary/aromatic N) is 5. The van der Waals surface area contributed by atoms with E-state index in [9.17, 15) is 0 Å². The Morgan fingerprint density at radius 1 is 1.33 bits per heavy atom. The molecule has 2 rings (SSSR count). The predicted octanol–water partition coefficient (Wildman–Crippen LogP) is 1.41. The third kappa shape index (κ3) is 4.30. The van der Waals surface area contributed by atoms with Crippen molar-refractivity contribution in [3.05, 3.63) is 48.0 Å². The van der Waals surface area contributed by atoms with Crippen molar-refractivity contribution in [1.82, 2.24) is 25.0 Å². The summed E-state index contributed by atoms with van der Waals surface area (Å²) in [5, 5.41) is 11.2. The number of aromatic nitrogens is 3. The van der Waals surface area contributed by atoms with Crippen LogP contribution >= 0.6 is 0 Å². The summed E-state index contributed by atoms with van der Waals surface area (Å²) in [5.74, 6) is 1.71. The minimum Gasteiger partial charge on any atom is -0.357 e. The Bertz CT molecular complexity index is 575. The summed E-state index contributed by atoms with van der Waals surface area (Å²) >= 11 is 0. The molecule has 0 atom stereocenters. The summed E-state index contributed by atoms with van der Waals surface area (Å²) < 4.78 is 1.88. The van der Waals surface area contributed by atoms with Crippen molar-refractivity contribution in [1.29, 1.82) is 0 Å². The monoisotopic (exact) mass is 286 g/mol. The van der Waals surface area contributed by atoms with Crippen LogP contribution in [0, 0.1) is 0 Å². The molecule has 0 radical (unpaired) electrons. The van der Waals surface area contributed by atoms with Crippen molar-refractivity contribution in [2.45, 2.75) is 20.0 Å². The van der Waals surface area contributed by atoms with Crippen LogP contribution in [0.5, 0.6) is 0 Å². The van der Waals surface area contributed by atoms with Crippen LogP contribution in [-0.4, -0.2) is 39.2 Å². The molecule has 0 aliphatic rings. The van der Waals surface area contributed by atoms with Crippen molar-refractivity contribution >= 4 is 5.96 Å². The van der Waals surface area contributed by atoms with Gasteiger partial charge in [-0.3, -0.25) is 0 Å². The zero-order valence-corrected chi connectivity index (χ0v) is 12.8. The number of guanidine groups is 1. The number of aliphatic imine (C=N–C) groups is 1. The lowest BCUT2D eigenvalue weighted by atomic mass is 10.2. The summed E-state index contributed by atoms with van der Waals surface area (Å²) in [7, 11) is 3.95. The van der Waals surface area contributed by atoms with E-state index in [-0.39, 0.29) is 0 Å². The van der Waals surface area contributed by atoms with Gasteiger partial charge in [0.05, 0.1) is 0 Å². The molecule has 0 saturated heterocycles. The quantitative estimate of drug-likeness (QED) is 0.667. The van der Waals surface area contributed by atoms with Crippen LogP contribution in [0.4, 0.5) is 0 Å². The number of rotatable bonds is 5. The standard InChI is InChI=1S/C15H22N6/c1-4-16-15(17-10-14-19-18-12-21(14)3)20(2)11-13-8-6-5-7-9-13/h5-9,12H,4,10-11H2,1-3H3,(H,16,17). The summed E-state index contributed by atoms with van der Waals surface area (Å²) in [4.78, 5) is 6.73. The normalized spacial score (nSPS) is 11.5. The number of hydrogen-bond acceptors (Lipinski definition) is 3. The van der Waals surface area contributed by atoms with E-state index in [2.05, 4.69) is 44.5 Å². The molecule has 0 spiro atoms. The number of benzene rings is 1. The van der Waals surface area contributed by atoms with Gasteiger partial charge in [0.1, 0.15) is 12.9 Å². The maximum atomic E-state index is 4.62. The molecule has 0 amide bonds. The molecular formula is C15H22N6.